The van der Waals surface area contributed by atoms with E-state index in [1.54, 1.807) is 13.0 Å². The Labute approximate surface area is 154 Å². The van der Waals surface area contributed by atoms with Gasteiger partial charge >= 0.3 is 0 Å². The van der Waals surface area contributed by atoms with E-state index in [0.717, 1.165) is 12.1 Å². The zero-order chi connectivity index (χ0) is 18.0. The normalized spacial score (nSPS) is 16.9. The molecule has 1 saturated heterocycles. The van der Waals surface area contributed by atoms with Crippen LogP contribution in [0.5, 0.6) is 0 Å². The standard InChI is InChI=1S/C18H22ClN3O2S/c1-14-11-16(19)18(12-17(14)20)25(23,24)22-9-7-21(8-10-22)13-15-5-3-2-4-6-15/h2-6,11-12H,7-10,13,20H2,1H3. The third-order valence-corrected chi connectivity index (χ3v) is 6.88. The van der Waals surface area contributed by atoms with E-state index in [0.29, 0.717) is 31.9 Å². The summed E-state index contributed by atoms with van der Waals surface area (Å²) < 4.78 is 27.3. The lowest BCUT2D eigenvalue weighted by Gasteiger charge is -2.34. The Kier molecular flexibility index (Phi) is 5.34. The van der Waals surface area contributed by atoms with Crippen molar-refractivity contribution in [1.82, 2.24) is 9.21 Å². The molecule has 0 unspecified atom stereocenters. The largest absolute Gasteiger partial charge is 0.398 e. The quantitative estimate of drug-likeness (QED) is 0.829. The lowest BCUT2D eigenvalue weighted by Crippen LogP contribution is -2.48. The first-order valence-electron chi connectivity index (χ1n) is 8.20. The molecule has 5 nitrogen and oxygen atoms in total. The van der Waals surface area contributed by atoms with E-state index in [2.05, 4.69) is 17.0 Å². The van der Waals surface area contributed by atoms with Crippen LogP contribution in [-0.2, 0) is 16.6 Å². The maximum atomic E-state index is 12.9. The minimum atomic E-state index is -3.63. The Bertz CT molecular complexity index is 848. The fourth-order valence-corrected chi connectivity index (χ4v) is 4.99. The number of hydrogen-bond donors (Lipinski definition) is 1. The van der Waals surface area contributed by atoms with Crippen molar-refractivity contribution in [2.24, 2.45) is 0 Å². The van der Waals surface area contributed by atoms with E-state index < -0.39 is 10.0 Å². The highest BCUT2D eigenvalue weighted by molar-refractivity contribution is 7.89. The van der Waals surface area contributed by atoms with Crippen molar-refractivity contribution in [3.63, 3.8) is 0 Å². The Morgan fingerprint density at radius 2 is 1.72 bits per heavy atom. The van der Waals surface area contributed by atoms with Crippen LogP contribution in [0.15, 0.2) is 47.4 Å². The second kappa shape index (κ2) is 7.33. The Morgan fingerprint density at radius 1 is 1.08 bits per heavy atom. The van der Waals surface area contributed by atoms with Crippen molar-refractivity contribution < 1.29 is 8.42 Å². The molecule has 0 aliphatic carbocycles. The number of piperazine rings is 1. The molecule has 0 bridgehead atoms. The summed E-state index contributed by atoms with van der Waals surface area (Å²) >= 11 is 6.17. The Hall–Kier alpha value is -1.60. The molecular formula is C18H22ClN3O2S. The van der Waals surface area contributed by atoms with Gasteiger partial charge in [-0.2, -0.15) is 4.31 Å². The van der Waals surface area contributed by atoms with Gasteiger partial charge in [0.05, 0.1) is 5.02 Å². The molecule has 7 heteroatoms. The van der Waals surface area contributed by atoms with Crippen molar-refractivity contribution in [2.45, 2.75) is 18.4 Å². The molecule has 2 aromatic rings. The third kappa shape index (κ3) is 3.98. The highest BCUT2D eigenvalue weighted by Crippen LogP contribution is 2.29. The molecule has 0 saturated carbocycles. The minimum Gasteiger partial charge on any atom is -0.398 e. The smallest absolute Gasteiger partial charge is 0.244 e. The minimum absolute atomic E-state index is 0.0915. The molecule has 25 heavy (non-hydrogen) atoms. The summed E-state index contributed by atoms with van der Waals surface area (Å²) in [6.07, 6.45) is 0. The fourth-order valence-electron chi connectivity index (χ4n) is 2.97. The van der Waals surface area contributed by atoms with Crippen molar-refractivity contribution in [2.75, 3.05) is 31.9 Å². The fraction of sp³-hybridized carbons (Fsp3) is 0.333. The van der Waals surface area contributed by atoms with Crippen molar-refractivity contribution in [1.29, 1.82) is 0 Å². The summed E-state index contributed by atoms with van der Waals surface area (Å²) in [5.41, 5.74) is 8.31. The van der Waals surface area contributed by atoms with Gasteiger partial charge in [-0.15, -0.1) is 0 Å². The summed E-state index contributed by atoms with van der Waals surface area (Å²) in [6.45, 7) is 4.89. The summed E-state index contributed by atoms with van der Waals surface area (Å²) in [4.78, 5) is 2.35. The zero-order valence-electron chi connectivity index (χ0n) is 14.2. The van der Waals surface area contributed by atoms with Crippen LogP contribution in [0.3, 0.4) is 0 Å². The number of nitrogens with zero attached hydrogens (tertiary/aromatic N) is 2. The topological polar surface area (TPSA) is 66.6 Å². The number of halogens is 1. The summed E-state index contributed by atoms with van der Waals surface area (Å²) in [5, 5.41) is 0.221. The Morgan fingerprint density at radius 3 is 2.36 bits per heavy atom. The number of nitrogen functional groups attached to an aromatic ring is 1. The summed E-state index contributed by atoms with van der Waals surface area (Å²) in [6, 6.07) is 13.2. The zero-order valence-corrected chi connectivity index (χ0v) is 15.7. The van der Waals surface area contributed by atoms with Crippen LogP contribution in [0.1, 0.15) is 11.1 Å². The molecule has 0 spiro atoms. The number of hydrogen-bond acceptors (Lipinski definition) is 4. The van der Waals surface area contributed by atoms with Gasteiger partial charge in [-0.05, 0) is 30.2 Å². The number of aryl methyl sites for hydroxylation is 1. The lowest BCUT2D eigenvalue weighted by molar-refractivity contribution is 0.181. The molecule has 0 atom stereocenters. The van der Waals surface area contributed by atoms with E-state index in [4.69, 9.17) is 17.3 Å². The number of benzene rings is 2. The molecule has 134 valence electrons. The average Bonchev–Trinajstić information content (AvgIpc) is 2.59. The van der Waals surface area contributed by atoms with Gasteiger partial charge in [-0.25, -0.2) is 8.42 Å². The second-order valence-electron chi connectivity index (χ2n) is 6.31. The van der Waals surface area contributed by atoms with Crippen LogP contribution in [-0.4, -0.2) is 43.8 Å². The number of nitrogens with two attached hydrogens (primary N) is 1. The SMILES string of the molecule is Cc1cc(Cl)c(S(=O)(=O)N2CCN(Cc3ccccc3)CC2)cc1N. The van der Waals surface area contributed by atoms with Gasteiger partial charge in [-0.3, -0.25) is 4.90 Å². The molecule has 1 heterocycles. The highest BCUT2D eigenvalue weighted by Gasteiger charge is 2.30. The van der Waals surface area contributed by atoms with Crippen LogP contribution in [0.2, 0.25) is 5.02 Å². The Balaban J connectivity index is 1.71. The van der Waals surface area contributed by atoms with Crippen molar-refractivity contribution >= 4 is 27.3 Å². The van der Waals surface area contributed by atoms with E-state index in [-0.39, 0.29) is 9.92 Å². The van der Waals surface area contributed by atoms with Crippen LogP contribution in [0, 0.1) is 6.92 Å². The molecule has 2 N–H and O–H groups in total. The van der Waals surface area contributed by atoms with Gasteiger partial charge in [0.2, 0.25) is 10.0 Å². The molecule has 0 amide bonds. The van der Waals surface area contributed by atoms with Gasteiger partial charge in [0, 0.05) is 38.4 Å². The molecule has 1 fully saturated rings. The first kappa shape index (κ1) is 18.2. The monoisotopic (exact) mass is 379 g/mol. The first-order chi connectivity index (χ1) is 11.9. The van der Waals surface area contributed by atoms with Crippen molar-refractivity contribution in [3.8, 4) is 0 Å². The second-order valence-corrected chi connectivity index (χ2v) is 8.62. The number of rotatable bonds is 4. The van der Waals surface area contributed by atoms with Crippen molar-refractivity contribution in [3.05, 3.63) is 58.6 Å². The third-order valence-electron chi connectivity index (χ3n) is 4.52. The van der Waals surface area contributed by atoms with Crippen LogP contribution >= 0.6 is 11.6 Å². The van der Waals surface area contributed by atoms with Gasteiger partial charge in [-0.1, -0.05) is 41.9 Å². The molecule has 2 aromatic carbocycles. The van der Waals surface area contributed by atoms with E-state index in [1.807, 2.05) is 18.2 Å². The molecular weight excluding hydrogens is 358 g/mol. The van der Waals surface area contributed by atoms with E-state index in [1.165, 1.54) is 15.9 Å². The molecule has 0 radical (unpaired) electrons. The number of anilines is 1. The molecule has 3 rings (SSSR count). The lowest BCUT2D eigenvalue weighted by atomic mass is 10.2. The predicted molar refractivity (Wildman–Crippen MR) is 101 cm³/mol. The van der Waals surface area contributed by atoms with Gasteiger partial charge in [0.25, 0.3) is 0 Å². The van der Waals surface area contributed by atoms with Crippen LogP contribution < -0.4 is 5.73 Å². The summed E-state index contributed by atoms with van der Waals surface area (Å²) in [7, 11) is -3.63. The molecule has 0 aromatic heterocycles. The van der Waals surface area contributed by atoms with Gasteiger partial charge < -0.3 is 5.73 Å². The highest BCUT2D eigenvalue weighted by atomic mass is 35.5. The maximum Gasteiger partial charge on any atom is 0.244 e. The van der Waals surface area contributed by atoms with Gasteiger partial charge in [0.1, 0.15) is 4.90 Å². The average molecular weight is 380 g/mol. The van der Waals surface area contributed by atoms with Gasteiger partial charge in [0.15, 0.2) is 0 Å². The maximum absolute atomic E-state index is 12.9. The van der Waals surface area contributed by atoms with Crippen LogP contribution in [0.4, 0.5) is 5.69 Å². The predicted octanol–water partition coefficient (Wildman–Crippen LogP) is 2.74. The first-order valence-corrected chi connectivity index (χ1v) is 10.0. The van der Waals surface area contributed by atoms with E-state index in [9.17, 15) is 8.42 Å². The molecule has 1 aliphatic rings. The number of sulfonamides is 1. The van der Waals surface area contributed by atoms with E-state index >= 15 is 0 Å². The molecule has 1 aliphatic heterocycles. The van der Waals surface area contributed by atoms with Crippen LogP contribution in [0.25, 0.3) is 0 Å². The summed E-state index contributed by atoms with van der Waals surface area (Å²) in [5.74, 6) is 0.